The summed E-state index contributed by atoms with van der Waals surface area (Å²) in [7, 11) is 0. The summed E-state index contributed by atoms with van der Waals surface area (Å²) in [6.07, 6.45) is 0.881. The fourth-order valence-corrected chi connectivity index (χ4v) is 2.88. The Balaban J connectivity index is 1.49. The summed E-state index contributed by atoms with van der Waals surface area (Å²) in [4.78, 5) is 13.6. The minimum absolute atomic E-state index is 0.248. The Hall–Kier alpha value is -2.76. The second-order valence-corrected chi connectivity index (χ2v) is 5.71. The zero-order valence-corrected chi connectivity index (χ0v) is 12.3. The molecule has 6 heteroatoms. The summed E-state index contributed by atoms with van der Waals surface area (Å²) in [6.45, 7) is 1.17. The van der Waals surface area contributed by atoms with E-state index >= 15 is 0 Å². The zero-order chi connectivity index (χ0) is 15.8. The maximum atomic E-state index is 14.1. The fraction of sp³-hybridized carbons (Fsp3) is 0.235. The summed E-state index contributed by atoms with van der Waals surface area (Å²) in [5.41, 5.74) is 2.18. The molecule has 0 fully saturated rings. The summed E-state index contributed by atoms with van der Waals surface area (Å²) in [5, 5.41) is 3.08. The van der Waals surface area contributed by atoms with Gasteiger partial charge in [-0.2, -0.15) is 0 Å². The third kappa shape index (κ3) is 2.67. The van der Waals surface area contributed by atoms with Crippen molar-refractivity contribution < 1.29 is 13.5 Å². The number of rotatable bonds is 3. The fourth-order valence-electron chi connectivity index (χ4n) is 2.88. The molecule has 0 saturated heterocycles. The van der Waals surface area contributed by atoms with Crippen LogP contribution in [0.1, 0.15) is 5.56 Å². The molecule has 0 spiro atoms. The number of ether oxygens (including phenoxy) is 1. The molecule has 0 saturated carbocycles. The van der Waals surface area contributed by atoms with E-state index in [1.165, 1.54) is 12.1 Å². The van der Waals surface area contributed by atoms with Crippen molar-refractivity contribution in [2.24, 2.45) is 5.92 Å². The van der Waals surface area contributed by atoms with Gasteiger partial charge in [0.1, 0.15) is 11.6 Å². The lowest BCUT2D eigenvalue weighted by molar-refractivity contribution is 0.229. The number of halogens is 1. The first-order chi connectivity index (χ1) is 11.2. The van der Waals surface area contributed by atoms with Crippen molar-refractivity contribution in [2.45, 2.75) is 6.42 Å². The van der Waals surface area contributed by atoms with E-state index in [2.05, 4.69) is 10.3 Å². The zero-order valence-electron chi connectivity index (χ0n) is 12.3. The van der Waals surface area contributed by atoms with Crippen LogP contribution in [0.3, 0.4) is 0 Å². The van der Waals surface area contributed by atoms with E-state index in [1.54, 1.807) is 0 Å². The van der Waals surface area contributed by atoms with Crippen LogP contribution in [0.15, 0.2) is 45.6 Å². The van der Waals surface area contributed by atoms with E-state index in [1.807, 2.05) is 24.3 Å². The molecule has 4 rings (SSSR count). The number of oxazole rings is 1. The smallest absolute Gasteiger partial charge is 0.417 e. The highest BCUT2D eigenvalue weighted by Crippen LogP contribution is 2.27. The minimum Gasteiger partial charge on any atom is -0.493 e. The SMILES string of the molecule is O=c1[nH]c2cc(F)c(NCC3COc4ccccc4C3)cc2o1. The number of hydrogen-bond donors (Lipinski definition) is 2. The monoisotopic (exact) mass is 314 g/mol. The molecule has 1 unspecified atom stereocenters. The molecule has 1 aliphatic rings. The van der Waals surface area contributed by atoms with Crippen LogP contribution in [0.4, 0.5) is 10.1 Å². The number of anilines is 1. The van der Waals surface area contributed by atoms with Gasteiger partial charge in [-0.1, -0.05) is 18.2 Å². The van der Waals surface area contributed by atoms with Gasteiger partial charge in [-0.15, -0.1) is 0 Å². The summed E-state index contributed by atoms with van der Waals surface area (Å²) >= 11 is 0. The number of para-hydroxylation sites is 1. The summed E-state index contributed by atoms with van der Waals surface area (Å²) < 4.78 is 24.8. The van der Waals surface area contributed by atoms with Crippen molar-refractivity contribution in [3.8, 4) is 5.75 Å². The minimum atomic E-state index is -0.589. The lowest BCUT2D eigenvalue weighted by atomic mass is 9.96. The summed E-state index contributed by atoms with van der Waals surface area (Å²) in [5.74, 6) is 0.157. The van der Waals surface area contributed by atoms with Crippen LogP contribution in [0, 0.1) is 11.7 Å². The first-order valence-electron chi connectivity index (χ1n) is 7.46. The Labute approximate surface area is 131 Å². The average molecular weight is 314 g/mol. The van der Waals surface area contributed by atoms with E-state index in [9.17, 15) is 9.18 Å². The number of fused-ring (bicyclic) bond motifs is 2. The molecule has 1 atom stereocenters. The second kappa shape index (κ2) is 5.46. The highest BCUT2D eigenvalue weighted by molar-refractivity contribution is 5.77. The standard InChI is InChI=1S/C17H15FN2O3/c18-12-6-14-16(23-17(21)20-14)7-13(12)19-8-10-5-11-3-1-2-4-15(11)22-9-10/h1-4,6-7,10,19H,5,8-9H2,(H,20,21). The number of hydrogen-bond acceptors (Lipinski definition) is 4. The van der Waals surface area contributed by atoms with Gasteiger partial charge in [-0.3, -0.25) is 4.98 Å². The number of benzene rings is 2. The predicted octanol–water partition coefficient (Wildman–Crippen LogP) is 2.92. The van der Waals surface area contributed by atoms with E-state index in [0.29, 0.717) is 29.9 Å². The van der Waals surface area contributed by atoms with Crippen molar-refractivity contribution in [1.82, 2.24) is 4.98 Å². The lowest BCUT2D eigenvalue weighted by Gasteiger charge is -2.25. The van der Waals surface area contributed by atoms with Gasteiger partial charge in [-0.25, -0.2) is 9.18 Å². The van der Waals surface area contributed by atoms with Crippen LogP contribution in [-0.2, 0) is 6.42 Å². The lowest BCUT2D eigenvalue weighted by Crippen LogP contribution is -2.27. The van der Waals surface area contributed by atoms with E-state index in [0.717, 1.165) is 17.7 Å². The number of H-pyrrole nitrogens is 1. The maximum Gasteiger partial charge on any atom is 0.417 e. The van der Waals surface area contributed by atoms with Gasteiger partial charge in [0.25, 0.3) is 0 Å². The number of aromatic nitrogens is 1. The molecule has 1 aromatic heterocycles. The Bertz CT molecular complexity index is 916. The molecule has 1 aliphatic heterocycles. The van der Waals surface area contributed by atoms with Gasteiger partial charge in [0, 0.05) is 24.6 Å². The number of nitrogens with one attached hydrogen (secondary N) is 2. The maximum absolute atomic E-state index is 14.1. The molecule has 0 radical (unpaired) electrons. The van der Waals surface area contributed by atoms with Gasteiger partial charge < -0.3 is 14.5 Å². The summed E-state index contributed by atoms with van der Waals surface area (Å²) in [6, 6.07) is 10.7. The third-order valence-corrected chi connectivity index (χ3v) is 4.05. The van der Waals surface area contributed by atoms with Crippen LogP contribution in [0.5, 0.6) is 5.75 Å². The van der Waals surface area contributed by atoms with E-state index in [4.69, 9.17) is 9.15 Å². The average Bonchev–Trinajstić information content (AvgIpc) is 2.91. The molecule has 3 aromatic rings. The molecule has 118 valence electrons. The normalized spacial score (nSPS) is 16.8. The van der Waals surface area contributed by atoms with Crippen molar-refractivity contribution in [2.75, 3.05) is 18.5 Å². The Morgan fingerprint density at radius 2 is 2.17 bits per heavy atom. The quantitative estimate of drug-likeness (QED) is 0.780. The second-order valence-electron chi connectivity index (χ2n) is 5.71. The van der Waals surface area contributed by atoms with Crippen LogP contribution >= 0.6 is 0 Å². The van der Waals surface area contributed by atoms with Crippen LogP contribution in [0.2, 0.25) is 0 Å². The molecule has 0 bridgehead atoms. The Morgan fingerprint density at radius 1 is 1.30 bits per heavy atom. The van der Waals surface area contributed by atoms with Gasteiger partial charge in [0.05, 0.1) is 17.8 Å². The molecule has 23 heavy (non-hydrogen) atoms. The Morgan fingerprint density at radius 3 is 3.09 bits per heavy atom. The third-order valence-electron chi connectivity index (χ3n) is 4.05. The largest absolute Gasteiger partial charge is 0.493 e. The molecular weight excluding hydrogens is 299 g/mol. The van der Waals surface area contributed by atoms with E-state index in [-0.39, 0.29) is 5.92 Å². The van der Waals surface area contributed by atoms with Crippen LogP contribution < -0.4 is 15.8 Å². The Kier molecular flexibility index (Phi) is 3.29. The van der Waals surface area contributed by atoms with Gasteiger partial charge in [-0.05, 0) is 18.1 Å². The van der Waals surface area contributed by atoms with Crippen molar-refractivity contribution in [1.29, 1.82) is 0 Å². The first kappa shape index (κ1) is 13.9. The highest BCUT2D eigenvalue weighted by Gasteiger charge is 2.20. The highest BCUT2D eigenvalue weighted by atomic mass is 19.1. The molecule has 2 heterocycles. The first-order valence-corrected chi connectivity index (χ1v) is 7.46. The molecular formula is C17H15FN2O3. The molecule has 0 aliphatic carbocycles. The van der Waals surface area contributed by atoms with Gasteiger partial charge in [0.2, 0.25) is 0 Å². The molecule has 2 N–H and O–H groups in total. The molecule has 0 amide bonds. The predicted molar refractivity (Wildman–Crippen MR) is 84.4 cm³/mol. The van der Waals surface area contributed by atoms with Crippen molar-refractivity contribution in [3.63, 3.8) is 0 Å². The van der Waals surface area contributed by atoms with Crippen molar-refractivity contribution in [3.05, 3.63) is 58.3 Å². The molecule has 2 aromatic carbocycles. The van der Waals surface area contributed by atoms with Crippen molar-refractivity contribution >= 4 is 16.8 Å². The number of aromatic amines is 1. The van der Waals surface area contributed by atoms with Gasteiger partial charge >= 0.3 is 5.76 Å². The molecule has 5 nitrogen and oxygen atoms in total. The van der Waals surface area contributed by atoms with Crippen LogP contribution in [-0.4, -0.2) is 18.1 Å². The van der Waals surface area contributed by atoms with Crippen LogP contribution in [0.25, 0.3) is 11.1 Å². The topological polar surface area (TPSA) is 67.3 Å². The van der Waals surface area contributed by atoms with Gasteiger partial charge in [0.15, 0.2) is 5.58 Å². The van der Waals surface area contributed by atoms with E-state index < -0.39 is 11.6 Å².